The van der Waals surface area contributed by atoms with Crippen LogP contribution >= 0.6 is 0 Å². The maximum atomic E-state index is 14.5. The van der Waals surface area contributed by atoms with Gasteiger partial charge in [-0.3, -0.25) is 4.90 Å². The second-order valence-corrected chi connectivity index (χ2v) is 6.62. The minimum Gasteiger partial charge on any atom is -0.297 e. The second-order valence-electron chi connectivity index (χ2n) is 6.62. The van der Waals surface area contributed by atoms with Crippen molar-refractivity contribution in [2.45, 2.75) is 63.2 Å². The van der Waals surface area contributed by atoms with Gasteiger partial charge >= 0.3 is 0 Å². The molecular formula is C18H26FN. The standard InChI is InChI=1S/C18H26FN/c1-3-4-10-15-16(13-8-6-5-7-9-13)11-14-12-17(19)18(15)20(14)2/h5-9,14-18H,3-4,10-12H2,1-2H3/t14?,15-,16+,17+,18?/m0/s1. The van der Waals surface area contributed by atoms with Crippen LogP contribution in [0.15, 0.2) is 30.3 Å². The zero-order valence-electron chi connectivity index (χ0n) is 12.6. The smallest absolute Gasteiger partial charge is 0.117 e. The van der Waals surface area contributed by atoms with Crippen molar-refractivity contribution in [2.75, 3.05) is 7.05 Å². The van der Waals surface area contributed by atoms with Crippen LogP contribution in [0.5, 0.6) is 0 Å². The summed E-state index contributed by atoms with van der Waals surface area (Å²) < 4.78 is 14.5. The third-order valence-corrected chi connectivity index (χ3v) is 5.51. The summed E-state index contributed by atoms with van der Waals surface area (Å²) in [6.45, 7) is 2.23. The monoisotopic (exact) mass is 275 g/mol. The number of fused-ring (bicyclic) bond motifs is 2. The van der Waals surface area contributed by atoms with Crippen molar-refractivity contribution in [2.24, 2.45) is 5.92 Å². The van der Waals surface area contributed by atoms with Crippen LogP contribution in [-0.4, -0.2) is 30.2 Å². The van der Waals surface area contributed by atoms with E-state index < -0.39 is 6.17 Å². The first-order chi connectivity index (χ1) is 9.72. The van der Waals surface area contributed by atoms with E-state index in [4.69, 9.17) is 0 Å². The Balaban J connectivity index is 1.88. The highest BCUT2D eigenvalue weighted by Crippen LogP contribution is 2.48. The van der Waals surface area contributed by atoms with E-state index in [1.165, 1.54) is 18.4 Å². The molecule has 0 aromatic heterocycles. The lowest BCUT2D eigenvalue weighted by molar-refractivity contribution is 0.0697. The van der Waals surface area contributed by atoms with Crippen LogP contribution < -0.4 is 0 Å². The minimum atomic E-state index is -0.624. The molecule has 2 aliphatic heterocycles. The fourth-order valence-corrected chi connectivity index (χ4v) is 4.50. The summed E-state index contributed by atoms with van der Waals surface area (Å²) in [5.41, 5.74) is 1.42. The molecule has 1 aromatic rings. The lowest BCUT2D eigenvalue weighted by Crippen LogP contribution is -2.47. The van der Waals surface area contributed by atoms with Gasteiger partial charge in [0.15, 0.2) is 0 Å². The zero-order valence-corrected chi connectivity index (χ0v) is 12.6. The molecule has 2 heteroatoms. The van der Waals surface area contributed by atoms with Crippen LogP contribution in [0.3, 0.4) is 0 Å². The molecule has 110 valence electrons. The normalized spacial score (nSPS) is 37.2. The van der Waals surface area contributed by atoms with Gasteiger partial charge in [-0.05, 0) is 43.7 Å². The number of nitrogens with zero attached hydrogens (tertiary/aromatic N) is 1. The second kappa shape index (κ2) is 5.85. The van der Waals surface area contributed by atoms with Gasteiger partial charge in [0.2, 0.25) is 0 Å². The molecular weight excluding hydrogens is 249 g/mol. The summed E-state index contributed by atoms with van der Waals surface area (Å²) in [6, 6.07) is 11.4. The molecule has 2 aliphatic rings. The first-order valence-electron chi connectivity index (χ1n) is 8.13. The number of hydrogen-bond donors (Lipinski definition) is 0. The molecule has 1 nitrogen and oxygen atoms in total. The predicted octanol–water partition coefficient (Wildman–Crippen LogP) is 4.39. The molecule has 0 radical (unpaired) electrons. The number of benzene rings is 1. The van der Waals surface area contributed by atoms with Gasteiger partial charge in [0, 0.05) is 12.1 Å². The van der Waals surface area contributed by atoms with Crippen molar-refractivity contribution >= 4 is 0 Å². The molecule has 0 aliphatic carbocycles. The van der Waals surface area contributed by atoms with Crippen LogP contribution in [0.25, 0.3) is 0 Å². The molecule has 3 rings (SSSR count). The van der Waals surface area contributed by atoms with Gasteiger partial charge in [0.1, 0.15) is 6.17 Å². The Kier molecular flexibility index (Phi) is 4.11. The predicted molar refractivity (Wildman–Crippen MR) is 81.7 cm³/mol. The molecule has 20 heavy (non-hydrogen) atoms. The van der Waals surface area contributed by atoms with Crippen molar-refractivity contribution in [3.8, 4) is 0 Å². The topological polar surface area (TPSA) is 3.24 Å². The van der Waals surface area contributed by atoms with Gasteiger partial charge in [-0.15, -0.1) is 0 Å². The number of rotatable bonds is 4. The number of hydrogen-bond acceptors (Lipinski definition) is 1. The van der Waals surface area contributed by atoms with E-state index >= 15 is 0 Å². The summed E-state index contributed by atoms with van der Waals surface area (Å²) in [7, 11) is 2.13. The Hall–Kier alpha value is -0.890. The summed E-state index contributed by atoms with van der Waals surface area (Å²) in [5, 5.41) is 0. The van der Waals surface area contributed by atoms with Gasteiger partial charge in [0.05, 0.1) is 0 Å². The Morgan fingerprint density at radius 3 is 2.65 bits per heavy atom. The van der Waals surface area contributed by atoms with E-state index in [0.29, 0.717) is 17.9 Å². The number of alkyl halides is 1. The molecule has 0 amide bonds. The van der Waals surface area contributed by atoms with Crippen LogP contribution in [-0.2, 0) is 0 Å². The highest BCUT2D eigenvalue weighted by atomic mass is 19.1. The average molecular weight is 275 g/mol. The number of unbranched alkanes of at least 4 members (excludes halogenated alkanes) is 1. The quantitative estimate of drug-likeness (QED) is 0.787. The summed E-state index contributed by atoms with van der Waals surface area (Å²) in [6.07, 6.45) is 4.84. The third-order valence-electron chi connectivity index (χ3n) is 5.51. The van der Waals surface area contributed by atoms with E-state index in [0.717, 1.165) is 19.3 Å². The van der Waals surface area contributed by atoms with Gasteiger partial charge in [-0.25, -0.2) is 4.39 Å². The number of piperidine rings is 1. The molecule has 2 saturated heterocycles. The SMILES string of the molecule is CCCC[C@@H]1C2[C@H](F)CC(C[C@@H]1c1ccccc1)N2C. The molecule has 0 N–H and O–H groups in total. The maximum Gasteiger partial charge on any atom is 0.117 e. The molecule has 5 atom stereocenters. The first-order valence-corrected chi connectivity index (χ1v) is 8.13. The third kappa shape index (κ3) is 2.39. The van der Waals surface area contributed by atoms with Crippen molar-refractivity contribution in [3.63, 3.8) is 0 Å². The van der Waals surface area contributed by atoms with E-state index in [1.54, 1.807) is 0 Å². The summed E-state index contributed by atoms with van der Waals surface area (Å²) in [4.78, 5) is 2.34. The van der Waals surface area contributed by atoms with Gasteiger partial charge in [0.25, 0.3) is 0 Å². The molecule has 0 spiro atoms. The summed E-state index contributed by atoms with van der Waals surface area (Å²) in [5.74, 6) is 1.03. The van der Waals surface area contributed by atoms with Crippen molar-refractivity contribution < 1.29 is 4.39 Å². The van der Waals surface area contributed by atoms with E-state index in [-0.39, 0.29) is 6.04 Å². The minimum absolute atomic E-state index is 0.144. The van der Waals surface area contributed by atoms with Crippen LogP contribution in [0.2, 0.25) is 0 Å². The fourth-order valence-electron chi connectivity index (χ4n) is 4.50. The van der Waals surface area contributed by atoms with E-state index in [9.17, 15) is 4.39 Å². The lowest BCUT2D eigenvalue weighted by Gasteiger charge is -2.43. The van der Waals surface area contributed by atoms with Crippen LogP contribution in [0.4, 0.5) is 4.39 Å². The largest absolute Gasteiger partial charge is 0.297 e. The Labute approximate surface area is 122 Å². The molecule has 2 bridgehead atoms. The van der Waals surface area contributed by atoms with Gasteiger partial charge < -0.3 is 0 Å². The Morgan fingerprint density at radius 1 is 1.20 bits per heavy atom. The van der Waals surface area contributed by atoms with E-state index in [1.807, 2.05) is 0 Å². The Morgan fingerprint density at radius 2 is 1.95 bits per heavy atom. The molecule has 2 unspecified atom stereocenters. The highest BCUT2D eigenvalue weighted by Gasteiger charge is 2.50. The van der Waals surface area contributed by atoms with Crippen molar-refractivity contribution in [1.29, 1.82) is 0 Å². The molecule has 2 fully saturated rings. The van der Waals surface area contributed by atoms with Crippen LogP contribution in [0.1, 0.15) is 50.5 Å². The van der Waals surface area contributed by atoms with Gasteiger partial charge in [-0.2, -0.15) is 0 Å². The molecule has 1 aromatic carbocycles. The highest BCUT2D eigenvalue weighted by molar-refractivity contribution is 5.24. The van der Waals surface area contributed by atoms with Crippen molar-refractivity contribution in [3.05, 3.63) is 35.9 Å². The zero-order chi connectivity index (χ0) is 14.1. The molecule has 0 saturated carbocycles. The van der Waals surface area contributed by atoms with Gasteiger partial charge in [-0.1, -0.05) is 50.1 Å². The maximum absolute atomic E-state index is 14.5. The number of halogens is 1. The Bertz CT molecular complexity index is 432. The lowest BCUT2D eigenvalue weighted by atomic mass is 9.74. The van der Waals surface area contributed by atoms with Crippen molar-refractivity contribution in [1.82, 2.24) is 4.90 Å². The average Bonchev–Trinajstić information content (AvgIpc) is 2.66. The fraction of sp³-hybridized carbons (Fsp3) is 0.667. The molecule has 2 heterocycles. The van der Waals surface area contributed by atoms with Crippen LogP contribution in [0, 0.1) is 5.92 Å². The first kappa shape index (κ1) is 14.1. The summed E-state index contributed by atoms with van der Waals surface area (Å²) >= 11 is 0. The van der Waals surface area contributed by atoms with E-state index in [2.05, 4.69) is 49.2 Å².